The maximum absolute atomic E-state index is 12.8. The van der Waals surface area contributed by atoms with E-state index in [1.54, 1.807) is 0 Å². The minimum absolute atomic E-state index is 0. The molecule has 1 heterocycles. The molecule has 3 rings (SSSR count). The van der Waals surface area contributed by atoms with E-state index in [0.717, 1.165) is 11.3 Å². The predicted octanol–water partition coefficient (Wildman–Crippen LogP) is 3.21. The van der Waals surface area contributed by atoms with Crippen LogP contribution in [0.15, 0.2) is 48.5 Å². The molecule has 0 saturated carbocycles. The molecule has 2 aromatic rings. The number of halogens is 1. The van der Waals surface area contributed by atoms with E-state index in [0.29, 0.717) is 13.0 Å². The Bertz CT molecular complexity index is 821. The fraction of sp³-hybridized carbons (Fsp3) is 0.364. The first-order valence-corrected chi connectivity index (χ1v) is 9.42. The quantitative estimate of drug-likeness (QED) is 0.720. The Balaban J connectivity index is 0.00000280. The van der Waals surface area contributed by atoms with Crippen LogP contribution in [0.3, 0.4) is 0 Å². The number of carbonyl (C=O) groups is 2. The van der Waals surface area contributed by atoms with E-state index in [-0.39, 0.29) is 36.2 Å². The molecule has 0 aromatic heterocycles. The van der Waals surface area contributed by atoms with Crippen LogP contribution in [-0.4, -0.2) is 23.9 Å². The number of amides is 2. The summed E-state index contributed by atoms with van der Waals surface area (Å²) in [5.74, 6) is -0.351. The number of anilines is 1. The van der Waals surface area contributed by atoms with Gasteiger partial charge in [0.1, 0.15) is 6.04 Å². The number of carbonyl (C=O) groups excluding carboxylic acids is 2. The van der Waals surface area contributed by atoms with Gasteiger partial charge in [0.2, 0.25) is 11.8 Å². The van der Waals surface area contributed by atoms with Crippen LogP contribution in [0.25, 0.3) is 0 Å². The van der Waals surface area contributed by atoms with E-state index in [9.17, 15) is 9.59 Å². The number of benzene rings is 2. The van der Waals surface area contributed by atoms with Gasteiger partial charge in [-0.05, 0) is 42.5 Å². The summed E-state index contributed by atoms with van der Waals surface area (Å²) in [7, 11) is 0. The summed E-state index contributed by atoms with van der Waals surface area (Å²) >= 11 is 0. The second-order valence-corrected chi connectivity index (χ2v) is 7.49. The highest BCUT2D eigenvalue weighted by atomic mass is 35.5. The van der Waals surface area contributed by atoms with Crippen molar-refractivity contribution in [2.45, 2.75) is 45.8 Å². The molecule has 0 fully saturated rings. The third-order valence-corrected chi connectivity index (χ3v) is 4.96. The Hall–Kier alpha value is -2.37. The van der Waals surface area contributed by atoms with Crippen LogP contribution < -0.4 is 16.0 Å². The lowest BCUT2D eigenvalue weighted by Crippen LogP contribution is -2.54. The number of nitrogens with one attached hydrogen (secondary N) is 3. The van der Waals surface area contributed by atoms with Gasteiger partial charge in [0.15, 0.2) is 0 Å². The Labute approximate surface area is 172 Å². The zero-order valence-electron chi connectivity index (χ0n) is 16.5. The van der Waals surface area contributed by atoms with Gasteiger partial charge in [0.25, 0.3) is 0 Å². The number of hydrogen-bond acceptors (Lipinski definition) is 3. The average molecular weight is 402 g/mol. The van der Waals surface area contributed by atoms with E-state index < -0.39 is 6.04 Å². The number of fused-ring (bicyclic) bond motifs is 1. The fourth-order valence-electron chi connectivity index (χ4n) is 3.29. The first-order valence-electron chi connectivity index (χ1n) is 9.42. The molecule has 0 spiro atoms. The fourth-order valence-corrected chi connectivity index (χ4v) is 3.29. The molecule has 0 saturated heterocycles. The summed E-state index contributed by atoms with van der Waals surface area (Å²) in [6.07, 6.45) is 0.631. The monoisotopic (exact) mass is 401 g/mol. The molecule has 5 nitrogen and oxygen atoms in total. The van der Waals surface area contributed by atoms with Crippen LogP contribution in [0.4, 0.5) is 5.69 Å². The molecule has 2 atom stereocenters. The summed E-state index contributed by atoms with van der Waals surface area (Å²) in [5.41, 5.74) is 4.27. The van der Waals surface area contributed by atoms with Crippen molar-refractivity contribution in [2.75, 3.05) is 5.32 Å². The minimum Gasteiger partial charge on any atom is -0.343 e. The van der Waals surface area contributed by atoms with Crippen molar-refractivity contribution in [1.82, 2.24) is 10.6 Å². The van der Waals surface area contributed by atoms with Crippen molar-refractivity contribution in [1.29, 1.82) is 0 Å². The number of rotatable bonds is 5. The Morgan fingerprint density at radius 2 is 1.68 bits per heavy atom. The lowest BCUT2D eigenvalue weighted by Gasteiger charge is -2.28. The molecular formula is C22H28ClN3O2. The highest BCUT2D eigenvalue weighted by molar-refractivity contribution is 5.98. The predicted molar refractivity (Wildman–Crippen MR) is 115 cm³/mol. The molecular weight excluding hydrogens is 374 g/mol. The van der Waals surface area contributed by atoms with Crippen molar-refractivity contribution in [2.24, 2.45) is 5.92 Å². The van der Waals surface area contributed by atoms with Gasteiger partial charge >= 0.3 is 0 Å². The SMILES string of the molecule is Cc1ccc(NC(=O)C(NC(=O)C2Cc3ccccc3CN2)C(C)C)cc1.Cl. The molecule has 1 aliphatic heterocycles. The zero-order chi connectivity index (χ0) is 19.4. The van der Waals surface area contributed by atoms with Gasteiger partial charge in [-0.1, -0.05) is 55.8 Å². The van der Waals surface area contributed by atoms with E-state index >= 15 is 0 Å². The second-order valence-electron chi connectivity index (χ2n) is 7.49. The van der Waals surface area contributed by atoms with Crippen LogP contribution in [0.2, 0.25) is 0 Å². The van der Waals surface area contributed by atoms with Gasteiger partial charge in [-0.25, -0.2) is 0 Å². The molecule has 2 amide bonds. The molecule has 150 valence electrons. The van der Waals surface area contributed by atoms with Gasteiger partial charge < -0.3 is 16.0 Å². The maximum Gasteiger partial charge on any atom is 0.247 e. The van der Waals surface area contributed by atoms with Crippen LogP contribution in [-0.2, 0) is 22.6 Å². The van der Waals surface area contributed by atoms with Crippen LogP contribution >= 0.6 is 12.4 Å². The highest BCUT2D eigenvalue weighted by Crippen LogP contribution is 2.17. The molecule has 2 aromatic carbocycles. The molecule has 1 aliphatic rings. The van der Waals surface area contributed by atoms with Crippen LogP contribution in [0.5, 0.6) is 0 Å². The van der Waals surface area contributed by atoms with E-state index in [4.69, 9.17) is 0 Å². The van der Waals surface area contributed by atoms with Crippen molar-refractivity contribution < 1.29 is 9.59 Å². The summed E-state index contributed by atoms with van der Waals surface area (Å²) in [6, 6.07) is 14.8. The number of hydrogen-bond donors (Lipinski definition) is 3. The third-order valence-electron chi connectivity index (χ3n) is 4.96. The van der Waals surface area contributed by atoms with Gasteiger partial charge in [-0.3, -0.25) is 9.59 Å². The Morgan fingerprint density at radius 1 is 1.04 bits per heavy atom. The highest BCUT2D eigenvalue weighted by Gasteiger charge is 2.29. The molecule has 2 unspecified atom stereocenters. The molecule has 0 aliphatic carbocycles. The van der Waals surface area contributed by atoms with E-state index in [1.165, 1.54) is 11.1 Å². The number of aryl methyl sites for hydroxylation is 1. The van der Waals surface area contributed by atoms with Crippen molar-refractivity contribution in [3.05, 3.63) is 65.2 Å². The molecule has 0 bridgehead atoms. The topological polar surface area (TPSA) is 70.2 Å². The third kappa shape index (κ3) is 5.33. The summed E-state index contributed by atoms with van der Waals surface area (Å²) < 4.78 is 0. The van der Waals surface area contributed by atoms with Crippen molar-refractivity contribution >= 4 is 29.9 Å². The smallest absolute Gasteiger partial charge is 0.247 e. The molecule has 3 N–H and O–H groups in total. The second kappa shape index (κ2) is 9.71. The van der Waals surface area contributed by atoms with Crippen LogP contribution in [0.1, 0.15) is 30.5 Å². The van der Waals surface area contributed by atoms with Crippen LogP contribution in [0, 0.1) is 12.8 Å². The minimum atomic E-state index is -0.585. The maximum atomic E-state index is 12.8. The molecule has 0 radical (unpaired) electrons. The average Bonchev–Trinajstić information content (AvgIpc) is 2.67. The standard InChI is InChI=1S/C22H27N3O2.ClH/c1-14(2)20(22(27)24-18-10-8-15(3)9-11-18)25-21(26)19-12-16-6-4-5-7-17(16)13-23-19;/h4-11,14,19-20,23H,12-13H2,1-3H3,(H,24,27)(H,25,26);1H. The lowest BCUT2D eigenvalue weighted by atomic mass is 9.94. The normalized spacial score (nSPS) is 16.5. The summed E-state index contributed by atoms with van der Waals surface area (Å²) in [4.78, 5) is 25.5. The van der Waals surface area contributed by atoms with Gasteiger partial charge in [-0.2, -0.15) is 0 Å². The molecule has 6 heteroatoms. The van der Waals surface area contributed by atoms with Gasteiger partial charge in [-0.15, -0.1) is 12.4 Å². The van der Waals surface area contributed by atoms with E-state index in [2.05, 4.69) is 28.1 Å². The molecule has 28 heavy (non-hydrogen) atoms. The van der Waals surface area contributed by atoms with Crippen molar-refractivity contribution in [3.8, 4) is 0 Å². The first-order chi connectivity index (χ1) is 12.9. The Morgan fingerprint density at radius 3 is 2.32 bits per heavy atom. The van der Waals surface area contributed by atoms with E-state index in [1.807, 2.05) is 57.2 Å². The largest absolute Gasteiger partial charge is 0.343 e. The zero-order valence-corrected chi connectivity index (χ0v) is 17.3. The van der Waals surface area contributed by atoms with Crippen molar-refractivity contribution in [3.63, 3.8) is 0 Å². The first kappa shape index (κ1) is 21.9. The summed E-state index contributed by atoms with van der Waals surface area (Å²) in [6.45, 7) is 6.53. The Kier molecular flexibility index (Phi) is 7.61. The van der Waals surface area contributed by atoms with Gasteiger partial charge in [0.05, 0.1) is 6.04 Å². The van der Waals surface area contributed by atoms with Gasteiger partial charge in [0, 0.05) is 12.2 Å². The summed E-state index contributed by atoms with van der Waals surface area (Å²) in [5, 5.41) is 9.11. The lowest BCUT2D eigenvalue weighted by molar-refractivity contribution is -0.128.